The summed E-state index contributed by atoms with van der Waals surface area (Å²) < 4.78 is 0. The molecule has 262 valence electrons. The van der Waals surface area contributed by atoms with E-state index in [-0.39, 0.29) is 0 Å². The van der Waals surface area contributed by atoms with E-state index in [1.165, 1.54) is 22.3 Å². The normalized spacial score (nSPS) is 11.1. The summed E-state index contributed by atoms with van der Waals surface area (Å²) >= 11 is 0. The summed E-state index contributed by atoms with van der Waals surface area (Å²) in [6.07, 6.45) is 7.69. The standard InChI is InChI=1S/C51H38N4/c1-34-15-25-50(52-30-34)38-21-17-36(18-22-38)44-9-3-5-11-46(44)40-27-41(29-42(28-40)48-13-7-8-14-49(48)43-32-54-55-33-43)47-12-6-4-10-45(47)37-19-23-39(24-20-37)51-26-16-35(2)31-53-51/h3-33H,1-2H3,(H,54,55). The maximum Gasteiger partial charge on any atom is 0.0702 e. The van der Waals surface area contributed by atoms with Crippen LogP contribution in [0, 0.1) is 13.8 Å². The van der Waals surface area contributed by atoms with Gasteiger partial charge in [0.2, 0.25) is 0 Å². The highest BCUT2D eigenvalue weighted by Crippen LogP contribution is 2.42. The van der Waals surface area contributed by atoms with Gasteiger partial charge in [0.15, 0.2) is 0 Å². The minimum atomic E-state index is 0.971. The van der Waals surface area contributed by atoms with Crippen molar-refractivity contribution in [3.05, 3.63) is 200 Å². The molecule has 1 N–H and O–H groups in total. The third-order valence-corrected chi connectivity index (χ3v) is 10.3. The Morgan fingerprint density at radius 2 is 0.673 bits per heavy atom. The minimum Gasteiger partial charge on any atom is -0.285 e. The highest BCUT2D eigenvalue weighted by atomic mass is 15.1. The largest absolute Gasteiger partial charge is 0.285 e. The van der Waals surface area contributed by atoms with Crippen molar-refractivity contribution < 1.29 is 0 Å². The molecule has 55 heavy (non-hydrogen) atoms. The zero-order valence-electron chi connectivity index (χ0n) is 30.7. The molecule has 0 unspecified atom stereocenters. The summed E-state index contributed by atoms with van der Waals surface area (Å²) in [7, 11) is 0. The van der Waals surface area contributed by atoms with Crippen molar-refractivity contribution >= 4 is 0 Å². The Bertz CT molecular complexity index is 2580. The molecule has 4 nitrogen and oxygen atoms in total. The average Bonchev–Trinajstić information content (AvgIpc) is 3.80. The molecule has 0 aliphatic carbocycles. The number of aromatic amines is 1. The molecular weight excluding hydrogens is 669 g/mol. The smallest absolute Gasteiger partial charge is 0.0702 e. The van der Waals surface area contributed by atoms with Crippen molar-refractivity contribution in [1.82, 2.24) is 20.2 Å². The Balaban J connectivity index is 1.19. The van der Waals surface area contributed by atoms with E-state index in [0.717, 1.165) is 78.1 Å². The van der Waals surface area contributed by atoms with Crippen LogP contribution >= 0.6 is 0 Å². The molecule has 3 aromatic heterocycles. The van der Waals surface area contributed by atoms with Crippen LogP contribution in [-0.2, 0) is 0 Å². The molecule has 0 aliphatic rings. The lowest BCUT2D eigenvalue weighted by atomic mass is 9.86. The fourth-order valence-electron chi connectivity index (χ4n) is 7.37. The molecule has 0 spiro atoms. The Morgan fingerprint density at radius 3 is 1.00 bits per heavy atom. The van der Waals surface area contributed by atoms with Gasteiger partial charge in [0.1, 0.15) is 0 Å². The first kappa shape index (κ1) is 33.7. The Kier molecular flexibility index (Phi) is 8.99. The summed E-state index contributed by atoms with van der Waals surface area (Å²) in [4.78, 5) is 9.32. The van der Waals surface area contributed by atoms with Crippen LogP contribution in [-0.4, -0.2) is 20.2 Å². The fraction of sp³-hybridized carbons (Fsp3) is 0.0392. The van der Waals surface area contributed by atoms with Crippen LogP contribution in [0.2, 0.25) is 0 Å². The van der Waals surface area contributed by atoms with Gasteiger partial charge < -0.3 is 0 Å². The number of rotatable bonds is 8. The Labute approximate surface area is 321 Å². The van der Waals surface area contributed by atoms with Crippen LogP contribution in [0.5, 0.6) is 0 Å². The van der Waals surface area contributed by atoms with E-state index in [0.29, 0.717) is 0 Å². The second-order valence-corrected chi connectivity index (χ2v) is 14.0. The molecule has 0 amide bonds. The Morgan fingerprint density at radius 1 is 0.327 bits per heavy atom. The summed E-state index contributed by atoms with van der Waals surface area (Å²) in [5.41, 5.74) is 20.2. The molecular formula is C51H38N4. The van der Waals surface area contributed by atoms with Gasteiger partial charge in [0, 0.05) is 35.3 Å². The molecule has 0 radical (unpaired) electrons. The average molecular weight is 707 g/mol. The lowest BCUT2D eigenvalue weighted by Crippen LogP contribution is -1.92. The summed E-state index contributed by atoms with van der Waals surface area (Å²) in [6, 6.07) is 58.9. The SMILES string of the molecule is Cc1ccc(-c2ccc(-c3ccccc3-c3cc(-c4ccccc4-c4ccc(-c5ccc(C)cn5)cc4)cc(-c4ccccc4-c4cn[nH]c4)c3)cc2)nc1. The monoisotopic (exact) mass is 706 g/mol. The fourth-order valence-corrected chi connectivity index (χ4v) is 7.37. The zero-order chi connectivity index (χ0) is 37.1. The maximum absolute atomic E-state index is 4.66. The molecule has 0 fully saturated rings. The molecule has 0 saturated carbocycles. The van der Waals surface area contributed by atoms with Crippen LogP contribution in [0.25, 0.3) is 89.3 Å². The number of nitrogens with zero attached hydrogens (tertiary/aromatic N) is 3. The van der Waals surface area contributed by atoms with Gasteiger partial charge in [0.25, 0.3) is 0 Å². The predicted molar refractivity (Wildman–Crippen MR) is 227 cm³/mol. The molecule has 0 atom stereocenters. The predicted octanol–water partition coefficient (Wildman–Crippen LogP) is 13.2. The molecule has 0 aliphatic heterocycles. The van der Waals surface area contributed by atoms with Gasteiger partial charge >= 0.3 is 0 Å². The quantitative estimate of drug-likeness (QED) is 0.171. The number of H-pyrrole nitrogens is 1. The van der Waals surface area contributed by atoms with Crippen molar-refractivity contribution in [2.24, 2.45) is 0 Å². The number of pyridine rings is 2. The second-order valence-electron chi connectivity index (χ2n) is 14.0. The van der Waals surface area contributed by atoms with Gasteiger partial charge in [-0.15, -0.1) is 0 Å². The van der Waals surface area contributed by atoms with Crippen LogP contribution in [0.15, 0.2) is 189 Å². The van der Waals surface area contributed by atoms with E-state index in [4.69, 9.17) is 0 Å². The van der Waals surface area contributed by atoms with Gasteiger partial charge in [-0.05, 0) is 117 Å². The first-order valence-corrected chi connectivity index (χ1v) is 18.6. The van der Waals surface area contributed by atoms with Gasteiger partial charge in [0.05, 0.1) is 17.6 Å². The molecule has 0 saturated heterocycles. The van der Waals surface area contributed by atoms with Crippen molar-refractivity contribution in [1.29, 1.82) is 0 Å². The first-order chi connectivity index (χ1) is 27.1. The van der Waals surface area contributed by atoms with Crippen LogP contribution in [0.1, 0.15) is 11.1 Å². The minimum absolute atomic E-state index is 0.971. The van der Waals surface area contributed by atoms with Gasteiger partial charge in [-0.3, -0.25) is 15.1 Å². The summed E-state index contributed by atoms with van der Waals surface area (Å²) in [6.45, 7) is 4.13. The molecule has 6 aromatic carbocycles. The van der Waals surface area contributed by atoms with Crippen LogP contribution in [0.4, 0.5) is 0 Å². The Hall–Kier alpha value is -7.17. The van der Waals surface area contributed by atoms with Crippen molar-refractivity contribution in [3.63, 3.8) is 0 Å². The topological polar surface area (TPSA) is 54.5 Å². The van der Waals surface area contributed by atoms with E-state index in [1.807, 2.05) is 24.8 Å². The maximum atomic E-state index is 4.66. The molecule has 0 bridgehead atoms. The highest BCUT2D eigenvalue weighted by Gasteiger charge is 2.16. The van der Waals surface area contributed by atoms with E-state index >= 15 is 0 Å². The number of hydrogen-bond acceptors (Lipinski definition) is 3. The van der Waals surface area contributed by atoms with E-state index in [9.17, 15) is 0 Å². The number of aryl methyl sites for hydroxylation is 2. The third-order valence-electron chi connectivity index (χ3n) is 10.3. The lowest BCUT2D eigenvalue weighted by Gasteiger charge is -2.18. The van der Waals surface area contributed by atoms with Crippen molar-refractivity contribution in [2.75, 3.05) is 0 Å². The van der Waals surface area contributed by atoms with Crippen LogP contribution < -0.4 is 0 Å². The second kappa shape index (κ2) is 14.7. The van der Waals surface area contributed by atoms with Gasteiger partial charge in [-0.1, -0.05) is 133 Å². The summed E-state index contributed by atoms with van der Waals surface area (Å²) in [5, 5.41) is 7.29. The number of aromatic nitrogens is 4. The molecule has 3 heterocycles. The molecule has 9 aromatic rings. The van der Waals surface area contributed by atoms with E-state index < -0.39 is 0 Å². The third kappa shape index (κ3) is 6.90. The van der Waals surface area contributed by atoms with E-state index in [1.54, 1.807) is 0 Å². The summed E-state index contributed by atoms with van der Waals surface area (Å²) in [5.74, 6) is 0. The van der Waals surface area contributed by atoms with Gasteiger partial charge in [-0.2, -0.15) is 5.10 Å². The number of hydrogen-bond donors (Lipinski definition) is 1. The molecule has 4 heteroatoms. The highest BCUT2D eigenvalue weighted by molar-refractivity contribution is 5.94. The van der Waals surface area contributed by atoms with Gasteiger partial charge in [-0.25, -0.2) is 0 Å². The van der Waals surface area contributed by atoms with E-state index in [2.05, 4.69) is 198 Å². The van der Waals surface area contributed by atoms with Crippen LogP contribution in [0.3, 0.4) is 0 Å². The number of benzene rings is 6. The van der Waals surface area contributed by atoms with Crippen molar-refractivity contribution in [3.8, 4) is 89.3 Å². The zero-order valence-corrected chi connectivity index (χ0v) is 30.7. The lowest BCUT2D eigenvalue weighted by molar-refractivity contribution is 1.09. The number of nitrogens with one attached hydrogen (secondary N) is 1. The molecule has 9 rings (SSSR count). The first-order valence-electron chi connectivity index (χ1n) is 18.6. The van der Waals surface area contributed by atoms with Crippen molar-refractivity contribution in [2.45, 2.75) is 13.8 Å².